The first-order valence-electron chi connectivity index (χ1n) is 6.16. The highest BCUT2D eigenvalue weighted by Crippen LogP contribution is 2.17. The number of carbonyl (C=O) groups is 1. The summed E-state index contributed by atoms with van der Waals surface area (Å²) in [6, 6.07) is 9.95. The van der Waals surface area contributed by atoms with Crippen LogP contribution >= 0.6 is 0 Å². The molecule has 1 aromatic heterocycles. The Morgan fingerprint density at radius 1 is 1.42 bits per heavy atom. The molecule has 0 unspecified atom stereocenters. The Kier molecular flexibility index (Phi) is 4.16. The molecule has 98 valence electrons. The number of benzene rings is 1. The molecule has 0 saturated heterocycles. The summed E-state index contributed by atoms with van der Waals surface area (Å²) in [5.74, 6) is -0.0918. The number of nitrogens with one attached hydrogen (secondary N) is 1. The molecule has 5 nitrogen and oxygen atoms in total. The van der Waals surface area contributed by atoms with Gasteiger partial charge in [-0.15, -0.1) is 0 Å². The molecule has 0 spiro atoms. The molecular weight excluding hydrogens is 240 g/mol. The van der Waals surface area contributed by atoms with E-state index < -0.39 is 0 Å². The largest absolute Gasteiger partial charge is 0.354 e. The number of nitrogens with zero attached hydrogens (tertiary/aromatic N) is 2. The molecule has 19 heavy (non-hydrogen) atoms. The zero-order chi connectivity index (χ0) is 13.7. The third-order valence-corrected chi connectivity index (χ3v) is 2.95. The second kappa shape index (κ2) is 6.03. The lowest BCUT2D eigenvalue weighted by Crippen LogP contribution is -2.28. The van der Waals surface area contributed by atoms with Crippen molar-refractivity contribution in [2.75, 3.05) is 6.54 Å². The van der Waals surface area contributed by atoms with Crippen molar-refractivity contribution in [3.05, 3.63) is 36.0 Å². The summed E-state index contributed by atoms with van der Waals surface area (Å²) in [5.41, 5.74) is 7.66. The lowest BCUT2D eigenvalue weighted by Gasteiger charge is -2.07. The van der Waals surface area contributed by atoms with Crippen molar-refractivity contribution < 1.29 is 4.79 Å². The summed E-state index contributed by atoms with van der Waals surface area (Å²) in [6.45, 7) is 1.13. The summed E-state index contributed by atoms with van der Waals surface area (Å²) in [6.07, 6.45) is 2.21. The summed E-state index contributed by atoms with van der Waals surface area (Å²) < 4.78 is 1.89. The van der Waals surface area contributed by atoms with Gasteiger partial charge in [0.25, 0.3) is 0 Å². The Balaban J connectivity index is 2.12. The van der Waals surface area contributed by atoms with E-state index in [0.29, 0.717) is 19.5 Å². The molecule has 0 radical (unpaired) electrons. The minimum Gasteiger partial charge on any atom is -0.354 e. The molecule has 1 aromatic carbocycles. The highest BCUT2D eigenvalue weighted by atomic mass is 16.1. The molecular formula is C14H16N4O. The van der Waals surface area contributed by atoms with Gasteiger partial charge in [-0.1, -0.05) is 12.1 Å². The van der Waals surface area contributed by atoms with Crippen molar-refractivity contribution >= 4 is 16.8 Å². The van der Waals surface area contributed by atoms with Gasteiger partial charge in [0.15, 0.2) is 0 Å². The summed E-state index contributed by atoms with van der Waals surface area (Å²) in [4.78, 5) is 11.7. The number of hydrogen-bond acceptors (Lipinski definition) is 3. The molecule has 0 bridgehead atoms. The fraction of sp³-hybridized carbons (Fsp3) is 0.286. The number of fused-ring (bicyclic) bond motifs is 1. The fourth-order valence-corrected chi connectivity index (χ4v) is 1.96. The number of carbonyl (C=O) groups excluding carboxylic acids is 1. The molecule has 0 aliphatic heterocycles. The van der Waals surface area contributed by atoms with Gasteiger partial charge in [-0.2, -0.15) is 5.26 Å². The van der Waals surface area contributed by atoms with Gasteiger partial charge in [0, 0.05) is 24.8 Å². The molecule has 2 aromatic rings. The van der Waals surface area contributed by atoms with E-state index in [0.717, 1.165) is 16.5 Å². The Hall–Kier alpha value is -2.32. The molecule has 0 fully saturated rings. The summed E-state index contributed by atoms with van der Waals surface area (Å²) in [7, 11) is 0. The smallest absolute Gasteiger partial charge is 0.239 e. The SMILES string of the molecule is N#CCCNC(=O)Cn1ccc2ccc(CN)cc21. The van der Waals surface area contributed by atoms with Crippen LogP contribution in [0.15, 0.2) is 30.5 Å². The van der Waals surface area contributed by atoms with Crippen LogP contribution < -0.4 is 11.1 Å². The molecule has 0 aliphatic carbocycles. The molecule has 0 atom stereocenters. The molecule has 3 N–H and O–H groups in total. The first-order chi connectivity index (χ1) is 9.24. The minimum atomic E-state index is -0.0918. The number of amides is 1. The minimum absolute atomic E-state index is 0.0918. The van der Waals surface area contributed by atoms with E-state index in [4.69, 9.17) is 11.0 Å². The van der Waals surface area contributed by atoms with Crippen LogP contribution in [-0.2, 0) is 17.9 Å². The lowest BCUT2D eigenvalue weighted by atomic mass is 10.1. The number of hydrogen-bond donors (Lipinski definition) is 2. The van der Waals surface area contributed by atoms with Crippen LogP contribution in [-0.4, -0.2) is 17.0 Å². The predicted molar refractivity (Wildman–Crippen MR) is 73.1 cm³/mol. The maximum atomic E-state index is 11.7. The predicted octanol–water partition coefficient (Wildman–Crippen LogP) is 1.13. The monoisotopic (exact) mass is 256 g/mol. The van der Waals surface area contributed by atoms with Gasteiger partial charge in [0.1, 0.15) is 6.54 Å². The van der Waals surface area contributed by atoms with Crippen molar-refractivity contribution in [3.8, 4) is 6.07 Å². The van der Waals surface area contributed by atoms with Crippen molar-refractivity contribution in [1.82, 2.24) is 9.88 Å². The Morgan fingerprint density at radius 3 is 3.00 bits per heavy atom. The fourth-order valence-electron chi connectivity index (χ4n) is 1.96. The summed E-state index contributed by atoms with van der Waals surface area (Å²) >= 11 is 0. The van der Waals surface area contributed by atoms with Gasteiger partial charge in [0.2, 0.25) is 5.91 Å². The van der Waals surface area contributed by atoms with Crippen molar-refractivity contribution in [2.24, 2.45) is 5.73 Å². The Labute approximate surface area is 111 Å². The number of aromatic nitrogens is 1. The lowest BCUT2D eigenvalue weighted by molar-refractivity contribution is -0.121. The van der Waals surface area contributed by atoms with Gasteiger partial charge in [-0.3, -0.25) is 4.79 Å². The van der Waals surface area contributed by atoms with E-state index in [1.807, 2.05) is 41.1 Å². The van der Waals surface area contributed by atoms with Crippen molar-refractivity contribution in [3.63, 3.8) is 0 Å². The van der Waals surface area contributed by atoms with Gasteiger partial charge in [0.05, 0.1) is 12.5 Å². The second-order valence-electron chi connectivity index (χ2n) is 4.30. The molecule has 2 rings (SSSR count). The van der Waals surface area contributed by atoms with Crippen molar-refractivity contribution in [1.29, 1.82) is 5.26 Å². The van der Waals surface area contributed by atoms with E-state index in [1.54, 1.807) is 0 Å². The van der Waals surface area contributed by atoms with Crippen LogP contribution in [0, 0.1) is 11.3 Å². The number of nitriles is 1. The molecule has 0 saturated carbocycles. The molecule has 1 amide bonds. The molecule has 5 heteroatoms. The van der Waals surface area contributed by atoms with E-state index in [-0.39, 0.29) is 12.5 Å². The Morgan fingerprint density at radius 2 is 2.26 bits per heavy atom. The van der Waals surface area contributed by atoms with E-state index in [1.165, 1.54) is 0 Å². The Bertz CT molecular complexity index is 624. The third kappa shape index (κ3) is 3.12. The highest BCUT2D eigenvalue weighted by Gasteiger charge is 2.06. The van der Waals surface area contributed by atoms with Crippen LogP contribution in [0.3, 0.4) is 0 Å². The van der Waals surface area contributed by atoms with Crippen LogP contribution in [0.25, 0.3) is 10.9 Å². The quantitative estimate of drug-likeness (QED) is 0.786. The maximum Gasteiger partial charge on any atom is 0.239 e. The van der Waals surface area contributed by atoms with E-state index >= 15 is 0 Å². The average molecular weight is 256 g/mol. The van der Waals surface area contributed by atoms with E-state index in [2.05, 4.69) is 5.32 Å². The van der Waals surface area contributed by atoms with Gasteiger partial charge in [-0.25, -0.2) is 0 Å². The van der Waals surface area contributed by atoms with Crippen molar-refractivity contribution in [2.45, 2.75) is 19.5 Å². The van der Waals surface area contributed by atoms with Gasteiger partial charge >= 0.3 is 0 Å². The van der Waals surface area contributed by atoms with E-state index in [9.17, 15) is 4.79 Å². The average Bonchev–Trinajstić information content (AvgIpc) is 2.81. The topological polar surface area (TPSA) is 83.8 Å². The maximum absolute atomic E-state index is 11.7. The summed E-state index contributed by atoms with van der Waals surface area (Å²) in [5, 5.41) is 12.2. The van der Waals surface area contributed by atoms with Crippen LogP contribution in [0.2, 0.25) is 0 Å². The van der Waals surface area contributed by atoms with Gasteiger partial charge < -0.3 is 15.6 Å². The van der Waals surface area contributed by atoms with Crippen LogP contribution in [0.4, 0.5) is 0 Å². The zero-order valence-corrected chi connectivity index (χ0v) is 10.6. The van der Waals surface area contributed by atoms with Crippen LogP contribution in [0.1, 0.15) is 12.0 Å². The first kappa shape index (κ1) is 13.1. The number of nitrogens with two attached hydrogens (primary N) is 1. The van der Waals surface area contributed by atoms with Crippen LogP contribution in [0.5, 0.6) is 0 Å². The normalized spacial score (nSPS) is 10.3. The standard InChI is InChI=1S/C14H16N4O/c15-5-1-6-17-14(19)10-18-7-4-12-3-2-11(9-16)8-13(12)18/h2-4,7-8H,1,6,9-10,16H2,(H,17,19). The third-order valence-electron chi connectivity index (χ3n) is 2.95. The highest BCUT2D eigenvalue weighted by molar-refractivity contribution is 5.83. The molecule has 1 heterocycles. The number of rotatable bonds is 5. The molecule has 0 aliphatic rings. The zero-order valence-electron chi connectivity index (χ0n) is 10.6. The first-order valence-corrected chi connectivity index (χ1v) is 6.16. The van der Waals surface area contributed by atoms with Gasteiger partial charge in [-0.05, 0) is 23.1 Å². The second-order valence-corrected chi connectivity index (χ2v) is 4.30.